The molecule has 1 aromatic heterocycles. The number of pyridine rings is 1. The number of phenols is 1. The molecule has 4 aromatic rings. The van der Waals surface area contributed by atoms with Crippen molar-refractivity contribution in [3.8, 4) is 11.5 Å². The van der Waals surface area contributed by atoms with Crippen LogP contribution in [0.25, 0.3) is 0 Å². The van der Waals surface area contributed by atoms with Gasteiger partial charge in [-0.2, -0.15) is 23.2 Å². The van der Waals surface area contributed by atoms with Crippen LogP contribution in [-0.4, -0.2) is 57.9 Å². The van der Waals surface area contributed by atoms with Crippen LogP contribution in [0.1, 0.15) is 41.1 Å². The molecule has 6 unspecified atom stereocenters. The minimum atomic E-state index is -4.82. The number of imide groups is 2. The maximum atomic E-state index is 15.3. The minimum absolute atomic E-state index is 0.0333. The molecule has 0 bridgehead atoms. The number of carbonyl (C=O) groups is 4. The first kappa shape index (κ1) is 37.1. The van der Waals surface area contributed by atoms with E-state index in [9.17, 15) is 32.7 Å². The number of hydrazine groups is 2. The molecule has 4 amide bonds. The summed E-state index contributed by atoms with van der Waals surface area (Å²) in [5.41, 5.74) is 2.97. The first-order chi connectivity index (χ1) is 26.7. The number of ether oxygens (including phenoxy) is 1. The second kappa shape index (κ2) is 13.4. The highest BCUT2D eigenvalue weighted by atomic mass is 35.5. The van der Waals surface area contributed by atoms with Gasteiger partial charge in [0.05, 0.1) is 41.0 Å². The fourth-order valence-corrected chi connectivity index (χ4v) is 9.40. The lowest BCUT2D eigenvalue weighted by Gasteiger charge is -2.50. The Bertz CT molecular complexity index is 2320. The zero-order chi connectivity index (χ0) is 39.8. The number of halogens is 4. The lowest BCUT2D eigenvalue weighted by atomic mass is 9.49. The number of rotatable bonds is 7. The summed E-state index contributed by atoms with van der Waals surface area (Å²) >= 11 is 6.30. The third-order valence-electron chi connectivity index (χ3n) is 11.6. The van der Waals surface area contributed by atoms with Crippen molar-refractivity contribution in [1.29, 1.82) is 0 Å². The number of benzene rings is 3. The van der Waals surface area contributed by atoms with Crippen molar-refractivity contribution in [3.05, 3.63) is 124 Å². The van der Waals surface area contributed by atoms with E-state index in [4.69, 9.17) is 16.3 Å². The Morgan fingerprint density at radius 2 is 1.66 bits per heavy atom. The van der Waals surface area contributed by atoms with E-state index in [-0.39, 0.29) is 23.6 Å². The number of aryl methyl sites for hydroxylation is 1. The molecular weight excluding hydrogens is 751 g/mol. The number of methoxy groups -OCH3 is 1. The zero-order valence-electron chi connectivity index (χ0n) is 30.3. The number of allylic oxidation sites excluding steroid dienone is 2. The van der Waals surface area contributed by atoms with Crippen LogP contribution in [0.15, 0.2) is 96.6 Å². The number of amides is 4. The SMILES string of the molecule is COc1ccc(C2C3=CCC4C(=O)N(N(C)c5nc(C(F)(F)F)ccc5Cl)C(=O)C4C3CC3C(=O)N(Nc4ccc(C)cc4)C(=O)C32c2ccccc2)c(O)c1. The van der Waals surface area contributed by atoms with Gasteiger partial charge in [0, 0.05) is 24.6 Å². The number of phenolic OH excluding ortho intramolecular Hbond substituents is 1. The number of anilines is 2. The fourth-order valence-electron chi connectivity index (χ4n) is 9.18. The van der Waals surface area contributed by atoms with Crippen LogP contribution in [0.3, 0.4) is 0 Å². The Labute approximate surface area is 324 Å². The standard InChI is InChI=1S/C41H35ClF3N5O6/c1-21-9-11-23(12-10-21)47-49-37(53)29-20-28-25(34(26-14-13-24(56-3)19-31(26)51)40(29,39(49)55)22-7-5-4-6-8-22)15-16-27-33(28)38(54)50(36(27)52)48(2)35-30(42)17-18-32(46-35)41(43,44)45/h4-15,17-19,27-29,33-34,47,51H,16,20H2,1-3H3. The van der Waals surface area contributed by atoms with Gasteiger partial charge in [0.15, 0.2) is 5.82 Å². The Morgan fingerprint density at radius 3 is 2.32 bits per heavy atom. The van der Waals surface area contributed by atoms with Crippen molar-refractivity contribution in [2.45, 2.75) is 37.3 Å². The Morgan fingerprint density at radius 1 is 0.946 bits per heavy atom. The van der Waals surface area contributed by atoms with Gasteiger partial charge in [-0.3, -0.25) is 29.6 Å². The third kappa shape index (κ3) is 5.52. The number of nitrogens with zero attached hydrogens (tertiary/aromatic N) is 4. The molecule has 0 spiro atoms. The molecule has 6 atom stereocenters. The van der Waals surface area contributed by atoms with Gasteiger partial charge in [-0.25, -0.2) is 4.98 Å². The van der Waals surface area contributed by atoms with E-state index in [1.54, 1.807) is 60.7 Å². The molecule has 15 heteroatoms. The van der Waals surface area contributed by atoms with E-state index < -0.39 is 76.3 Å². The first-order valence-electron chi connectivity index (χ1n) is 17.9. The van der Waals surface area contributed by atoms with Crippen molar-refractivity contribution >= 4 is 46.7 Å². The van der Waals surface area contributed by atoms with Crippen molar-refractivity contribution < 1.29 is 42.2 Å². The average Bonchev–Trinajstić information content (AvgIpc) is 3.56. The Balaban J connectivity index is 1.28. The van der Waals surface area contributed by atoms with Crippen LogP contribution in [0.4, 0.5) is 24.7 Å². The number of aromatic hydroxyl groups is 1. The van der Waals surface area contributed by atoms with Crippen molar-refractivity contribution in [2.75, 3.05) is 24.6 Å². The summed E-state index contributed by atoms with van der Waals surface area (Å²) in [6.07, 6.45) is -3.02. The molecule has 1 saturated carbocycles. The van der Waals surface area contributed by atoms with E-state index in [0.717, 1.165) is 26.7 Å². The summed E-state index contributed by atoms with van der Waals surface area (Å²) in [6.45, 7) is 1.90. The van der Waals surface area contributed by atoms with Gasteiger partial charge in [0.2, 0.25) is 0 Å². The van der Waals surface area contributed by atoms with E-state index in [1.807, 2.05) is 19.1 Å². The molecular formula is C41H35ClF3N5O6. The minimum Gasteiger partial charge on any atom is -0.508 e. The maximum Gasteiger partial charge on any atom is 0.433 e. The molecule has 288 valence electrons. The summed E-state index contributed by atoms with van der Waals surface area (Å²) in [4.78, 5) is 62.6. The molecule has 0 radical (unpaired) electrons. The average molecular weight is 786 g/mol. The van der Waals surface area contributed by atoms with Gasteiger partial charge in [0.1, 0.15) is 17.2 Å². The van der Waals surface area contributed by atoms with E-state index >= 15 is 4.79 Å². The summed E-state index contributed by atoms with van der Waals surface area (Å²) < 4.78 is 46.4. The lowest BCUT2D eigenvalue weighted by molar-refractivity contribution is -0.142. The van der Waals surface area contributed by atoms with E-state index in [2.05, 4.69) is 10.4 Å². The maximum absolute atomic E-state index is 15.3. The van der Waals surface area contributed by atoms with Gasteiger partial charge in [-0.15, -0.1) is 0 Å². The third-order valence-corrected chi connectivity index (χ3v) is 11.9. The first-order valence-corrected chi connectivity index (χ1v) is 18.3. The summed E-state index contributed by atoms with van der Waals surface area (Å²) in [7, 11) is 2.68. The predicted octanol–water partition coefficient (Wildman–Crippen LogP) is 6.81. The predicted molar refractivity (Wildman–Crippen MR) is 198 cm³/mol. The second-order valence-electron chi connectivity index (χ2n) is 14.5. The molecule has 2 saturated heterocycles. The van der Waals surface area contributed by atoms with Crippen LogP contribution in [-0.2, 0) is 30.8 Å². The molecule has 3 aromatic carbocycles. The Kier molecular flexibility index (Phi) is 8.87. The molecule has 56 heavy (non-hydrogen) atoms. The highest BCUT2D eigenvalue weighted by molar-refractivity contribution is 6.33. The number of nitrogens with one attached hydrogen (secondary N) is 1. The lowest BCUT2D eigenvalue weighted by Crippen LogP contribution is -2.53. The zero-order valence-corrected chi connectivity index (χ0v) is 31.0. The molecule has 3 heterocycles. The van der Waals surface area contributed by atoms with Gasteiger partial charge < -0.3 is 9.84 Å². The highest BCUT2D eigenvalue weighted by Crippen LogP contribution is 2.65. The normalized spacial score (nSPS) is 25.8. The number of aromatic nitrogens is 1. The second-order valence-corrected chi connectivity index (χ2v) is 14.9. The van der Waals surface area contributed by atoms with Crippen LogP contribution in [0.5, 0.6) is 11.5 Å². The topological polar surface area (TPSA) is 132 Å². The monoisotopic (exact) mass is 785 g/mol. The molecule has 3 fully saturated rings. The summed E-state index contributed by atoms with van der Waals surface area (Å²) in [6, 6.07) is 22.4. The van der Waals surface area contributed by atoms with Crippen LogP contribution < -0.4 is 15.2 Å². The smallest absolute Gasteiger partial charge is 0.433 e. The molecule has 2 aliphatic heterocycles. The van der Waals surface area contributed by atoms with Gasteiger partial charge in [-0.1, -0.05) is 77.3 Å². The molecule has 2 N–H and O–H groups in total. The number of hydrogen-bond acceptors (Lipinski definition) is 9. The number of hydrogen-bond donors (Lipinski definition) is 2. The van der Waals surface area contributed by atoms with Crippen LogP contribution in [0.2, 0.25) is 5.02 Å². The van der Waals surface area contributed by atoms with E-state index in [0.29, 0.717) is 34.2 Å². The van der Waals surface area contributed by atoms with E-state index in [1.165, 1.54) is 20.2 Å². The molecule has 2 aliphatic carbocycles. The van der Waals surface area contributed by atoms with Crippen molar-refractivity contribution in [2.24, 2.45) is 23.7 Å². The molecule has 11 nitrogen and oxygen atoms in total. The number of fused-ring (bicyclic) bond motifs is 4. The molecule has 8 rings (SSSR count). The van der Waals surface area contributed by atoms with Crippen molar-refractivity contribution in [3.63, 3.8) is 0 Å². The summed E-state index contributed by atoms with van der Waals surface area (Å²) in [5, 5.41) is 14.2. The highest BCUT2D eigenvalue weighted by Gasteiger charge is 2.71. The van der Waals surface area contributed by atoms with Gasteiger partial charge >= 0.3 is 6.18 Å². The van der Waals surface area contributed by atoms with Crippen LogP contribution in [0, 0.1) is 30.6 Å². The molecule has 4 aliphatic rings. The number of alkyl halides is 3. The van der Waals surface area contributed by atoms with Crippen molar-refractivity contribution in [1.82, 2.24) is 15.0 Å². The fraction of sp³-hybridized carbons (Fsp3) is 0.293. The quantitative estimate of drug-likeness (QED) is 0.153. The largest absolute Gasteiger partial charge is 0.508 e. The summed E-state index contributed by atoms with van der Waals surface area (Å²) in [5.74, 6) is -7.79. The van der Waals surface area contributed by atoms with Gasteiger partial charge in [-0.05, 0) is 61.6 Å². The van der Waals surface area contributed by atoms with Gasteiger partial charge in [0.25, 0.3) is 23.6 Å². The van der Waals surface area contributed by atoms with Crippen LogP contribution >= 0.6 is 11.6 Å². The Hall–Kier alpha value is -5.89. The number of carbonyl (C=O) groups excluding carboxylic acids is 4.